The number of aromatic nitrogens is 1. The monoisotopic (exact) mass is 451 g/mol. The molecule has 170 valence electrons. The van der Waals surface area contributed by atoms with Gasteiger partial charge >= 0.3 is 0 Å². The van der Waals surface area contributed by atoms with Crippen LogP contribution in [-0.2, 0) is 11.3 Å². The van der Waals surface area contributed by atoms with Crippen molar-refractivity contribution >= 4 is 11.8 Å². The number of hydrogen-bond acceptors (Lipinski definition) is 5. The maximum absolute atomic E-state index is 13.8. The van der Waals surface area contributed by atoms with Crippen molar-refractivity contribution in [1.29, 1.82) is 0 Å². The minimum absolute atomic E-state index is 0.234. The SMILES string of the molecule is CO[C@@H]1CCCN2CC1n1cc(C(=O)NCc3c(F)cc(F)cc3F)c(=O)c(O)c1C2=O. The van der Waals surface area contributed by atoms with Crippen LogP contribution in [0.5, 0.6) is 5.75 Å². The van der Waals surface area contributed by atoms with E-state index >= 15 is 0 Å². The predicted molar refractivity (Wildman–Crippen MR) is 105 cm³/mol. The highest BCUT2D eigenvalue weighted by molar-refractivity contribution is 5.99. The minimum atomic E-state index is -1.19. The molecule has 4 rings (SSSR count). The molecule has 2 N–H and O–H groups in total. The molecule has 1 aromatic carbocycles. The van der Waals surface area contributed by atoms with Crippen molar-refractivity contribution in [2.75, 3.05) is 20.2 Å². The Hall–Kier alpha value is -3.34. The Morgan fingerprint density at radius 1 is 1.25 bits per heavy atom. The number of carbonyl (C=O) groups excluding carboxylic acids is 2. The van der Waals surface area contributed by atoms with E-state index in [2.05, 4.69) is 5.32 Å². The Bertz CT molecular complexity index is 1140. The summed E-state index contributed by atoms with van der Waals surface area (Å²) in [4.78, 5) is 39.6. The van der Waals surface area contributed by atoms with Gasteiger partial charge in [-0.25, -0.2) is 13.2 Å². The molecule has 2 aliphatic heterocycles. The number of ether oxygens (including phenoxy) is 1. The Morgan fingerprint density at radius 2 is 1.94 bits per heavy atom. The van der Waals surface area contributed by atoms with Gasteiger partial charge in [-0.1, -0.05) is 0 Å². The van der Waals surface area contributed by atoms with Crippen molar-refractivity contribution in [1.82, 2.24) is 14.8 Å². The fraction of sp³-hybridized carbons (Fsp3) is 0.381. The Kier molecular flexibility index (Phi) is 5.68. The van der Waals surface area contributed by atoms with Crippen LogP contribution in [0.2, 0.25) is 0 Å². The van der Waals surface area contributed by atoms with E-state index in [9.17, 15) is 32.7 Å². The van der Waals surface area contributed by atoms with Crippen molar-refractivity contribution < 1.29 is 32.6 Å². The number of benzene rings is 1. The van der Waals surface area contributed by atoms with Crippen molar-refractivity contribution in [2.24, 2.45) is 0 Å². The van der Waals surface area contributed by atoms with Crippen LogP contribution in [0.4, 0.5) is 13.2 Å². The number of hydrogen-bond donors (Lipinski definition) is 2. The average Bonchev–Trinajstić information content (AvgIpc) is 2.93. The van der Waals surface area contributed by atoms with Crippen molar-refractivity contribution in [3.05, 3.63) is 62.8 Å². The van der Waals surface area contributed by atoms with Gasteiger partial charge in [-0.3, -0.25) is 14.4 Å². The second-order valence-corrected chi connectivity index (χ2v) is 7.74. The largest absolute Gasteiger partial charge is 0.503 e. The van der Waals surface area contributed by atoms with Gasteiger partial charge in [-0.15, -0.1) is 0 Å². The average molecular weight is 451 g/mol. The normalized spacial score (nSPS) is 20.0. The molecular formula is C21H20F3N3O5. The minimum Gasteiger partial charge on any atom is -0.503 e. The highest BCUT2D eigenvalue weighted by atomic mass is 19.1. The van der Waals surface area contributed by atoms with E-state index in [-0.39, 0.29) is 18.3 Å². The molecule has 1 saturated heterocycles. The van der Waals surface area contributed by atoms with Crippen LogP contribution in [-0.4, -0.2) is 52.7 Å². The van der Waals surface area contributed by atoms with E-state index in [1.807, 2.05) is 0 Å². The van der Waals surface area contributed by atoms with Gasteiger partial charge in [0.15, 0.2) is 11.4 Å². The number of rotatable bonds is 4. The summed E-state index contributed by atoms with van der Waals surface area (Å²) < 4.78 is 47.7. The molecule has 0 spiro atoms. The van der Waals surface area contributed by atoms with Crippen molar-refractivity contribution in [2.45, 2.75) is 31.5 Å². The number of methoxy groups -OCH3 is 1. The highest BCUT2D eigenvalue weighted by Crippen LogP contribution is 2.33. The molecule has 1 aromatic heterocycles. The Labute approximate surface area is 180 Å². The van der Waals surface area contributed by atoms with E-state index in [1.54, 1.807) is 0 Å². The highest BCUT2D eigenvalue weighted by Gasteiger charge is 2.40. The van der Waals surface area contributed by atoms with Crippen LogP contribution in [0.25, 0.3) is 0 Å². The standard InChI is InChI=1S/C21H20F3N3O5/c1-32-16-3-2-4-26-9-15(16)27-8-12(18(28)19(29)17(27)21(26)31)20(30)25-7-11-13(23)5-10(22)6-14(11)24/h5-6,8,15-16,29H,2-4,7,9H2,1H3,(H,25,30)/t15?,16-/m1/s1. The second kappa shape index (κ2) is 8.30. The van der Waals surface area contributed by atoms with Gasteiger partial charge in [-0.2, -0.15) is 0 Å². The number of fused-ring (bicyclic) bond motifs is 4. The zero-order valence-corrected chi connectivity index (χ0v) is 17.0. The van der Waals surface area contributed by atoms with Gasteiger partial charge in [-0.05, 0) is 12.8 Å². The summed E-state index contributed by atoms with van der Waals surface area (Å²) in [6.07, 6.45) is 2.12. The third-order valence-electron chi connectivity index (χ3n) is 5.89. The summed E-state index contributed by atoms with van der Waals surface area (Å²) in [7, 11) is 1.51. The van der Waals surface area contributed by atoms with Gasteiger partial charge < -0.3 is 24.6 Å². The maximum Gasteiger partial charge on any atom is 0.274 e. The molecule has 0 radical (unpaired) electrons. The third kappa shape index (κ3) is 3.62. The molecule has 1 unspecified atom stereocenters. The molecule has 2 aromatic rings. The quantitative estimate of drug-likeness (QED) is 0.737. The molecule has 2 atom stereocenters. The molecule has 0 saturated carbocycles. The molecular weight excluding hydrogens is 431 g/mol. The van der Waals surface area contributed by atoms with Crippen LogP contribution in [0.1, 0.15) is 45.3 Å². The molecule has 1 fully saturated rings. The lowest BCUT2D eigenvalue weighted by atomic mass is 10.0. The summed E-state index contributed by atoms with van der Waals surface area (Å²) in [6.45, 7) is 0.0646. The fourth-order valence-electron chi connectivity index (χ4n) is 4.25. The molecule has 2 bridgehead atoms. The van der Waals surface area contributed by atoms with Crippen molar-refractivity contribution in [3.63, 3.8) is 0 Å². The van der Waals surface area contributed by atoms with Crippen LogP contribution in [0.15, 0.2) is 23.1 Å². The lowest BCUT2D eigenvalue weighted by molar-refractivity contribution is 0.0352. The molecule has 8 nitrogen and oxygen atoms in total. The van der Waals surface area contributed by atoms with E-state index in [0.29, 0.717) is 31.5 Å². The van der Waals surface area contributed by atoms with Crippen LogP contribution in [0, 0.1) is 17.5 Å². The van der Waals surface area contributed by atoms with E-state index in [0.717, 1.165) is 6.20 Å². The molecule has 0 aliphatic carbocycles. The first-order chi connectivity index (χ1) is 15.2. The Morgan fingerprint density at radius 3 is 2.59 bits per heavy atom. The molecule has 3 heterocycles. The van der Waals surface area contributed by atoms with Gasteiger partial charge in [0, 0.05) is 50.6 Å². The predicted octanol–water partition coefficient (Wildman–Crippen LogP) is 1.71. The summed E-state index contributed by atoms with van der Waals surface area (Å²) >= 11 is 0. The van der Waals surface area contributed by atoms with Crippen LogP contribution in [0.3, 0.4) is 0 Å². The topological polar surface area (TPSA) is 101 Å². The third-order valence-corrected chi connectivity index (χ3v) is 5.89. The summed E-state index contributed by atoms with van der Waals surface area (Å²) in [5.41, 5.74) is -2.41. The first-order valence-electron chi connectivity index (χ1n) is 9.94. The summed E-state index contributed by atoms with van der Waals surface area (Å²) in [5.74, 6) is -5.92. The zero-order chi connectivity index (χ0) is 23.2. The van der Waals surface area contributed by atoms with E-state index in [4.69, 9.17) is 4.74 Å². The summed E-state index contributed by atoms with van der Waals surface area (Å²) in [6, 6.07) is 0.497. The molecule has 32 heavy (non-hydrogen) atoms. The van der Waals surface area contributed by atoms with Gasteiger partial charge in [0.05, 0.1) is 12.1 Å². The van der Waals surface area contributed by atoms with Crippen LogP contribution >= 0.6 is 0 Å². The smallest absolute Gasteiger partial charge is 0.274 e. The number of amides is 2. The van der Waals surface area contributed by atoms with Gasteiger partial charge in [0.2, 0.25) is 5.43 Å². The fourth-order valence-corrected chi connectivity index (χ4v) is 4.25. The maximum atomic E-state index is 13.8. The molecule has 11 heteroatoms. The lowest BCUT2D eigenvalue weighted by Crippen LogP contribution is -2.47. The number of nitrogens with one attached hydrogen (secondary N) is 1. The summed E-state index contributed by atoms with van der Waals surface area (Å²) in [5, 5.41) is 12.7. The van der Waals surface area contributed by atoms with Crippen LogP contribution < -0.4 is 10.7 Å². The first kappa shape index (κ1) is 21.9. The number of halogens is 3. The van der Waals surface area contributed by atoms with E-state index < -0.39 is 64.2 Å². The number of carbonyl (C=O) groups is 2. The number of nitrogens with zero attached hydrogens (tertiary/aromatic N) is 2. The molecule has 2 amide bonds. The van der Waals surface area contributed by atoms with Crippen molar-refractivity contribution in [3.8, 4) is 5.75 Å². The first-order valence-corrected chi connectivity index (χ1v) is 9.94. The zero-order valence-electron chi connectivity index (χ0n) is 17.0. The van der Waals surface area contributed by atoms with E-state index in [1.165, 1.54) is 16.6 Å². The Balaban J connectivity index is 1.70. The second-order valence-electron chi connectivity index (χ2n) is 7.74. The number of aromatic hydroxyl groups is 1. The van der Waals surface area contributed by atoms with Gasteiger partial charge in [0.1, 0.15) is 23.0 Å². The van der Waals surface area contributed by atoms with Gasteiger partial charge in [0.25, 0.3) is 11.8 Å². The number of pyridine rings is 1. The lowest BCUT2D eigenvalue weighted by Gasteiger charge is -2.36. The molecule has 2 aliphatic rings.